The molecule has 0 bridgehead atoms. The Hall–Kier alpha value is -1.36. The highest BCUT2D eigenvalue weighted by Crippen LogP contribution is 2.28. The van der Waals surface area contributed by atoms with Crippen LogP contribution in [0, 0.1) is 5.92 Å². The van der Waals surface area contributed by atoms with Gasteiger partial charge in [-0.3, -0.25) is 4.79 Å². The summed E-state index contributed by atoms with van der Waals surface area (Å²) in [6.45, 7) is 2.11. The van der Waals surface area contributed by atoms with Gasteiger partial charge in [0.25, 0.3) is 0 Å². The van der Waals surface area contributed by atoms with Crippen LogP contribution < -0.4 is 5.32 Å². The molecule has 2 rings (SSSR count). The molecule has 0 saturated heterocycles. The molecule has 0 radical (unpaired) electrons. The van der Waals surface area contributed by atoms with Gasteiger partial charge in [0.05, 0.1) is 12.2 Å². The Morgan fingerprint density at radius 1 is 1.37 bits per heavy atom. The van der Waals surface area contributed by atoms with Gasteiger partial charge in [0, 0.05) is 5.92 Å². The monoisotopic (exact) mass is 281 g/mol. The first kappa shape index (κ1) is 14.1. The number of thiophene rings is 1. The molecular formula is C14H19NO3S. The lowest BCUT2D eigenvalue weighted by molar-refractivity contribution is -0.120. The lowest BCUT2D eigenvalue weighted by atomic mass is 9.89. The predicted octanol–water partition coefficient (Wildman–Crippen LogP) is 3.44. The number of ether oxygens (including phenoxy) is 1. The molecule has 1 saturated carbocycles. The van der Waals surface area contributed by atoms with Crippen LogP contribution in [0.2, 0.25) is 0 Å². The second-order valence-electron chi connectivity index (χ2n) is 4.71. The highest BCUT2D eigenvalue weighted by molar-refractivity contribution is 7.14. The van der Waals surface area contributed by atoms with Crippen LogP contribution in [-0.2, 0) is 9.53 Å². The highest BCUT2D eigenvalue weighted by Gasteiger charge is 2.23. The number of hydrogen-bond donors (Lipinski definition) is 1. The number of anilines is 1. The Balaban J connectivity index is 2.00. The largest absolute Gasteiger partial charge is 0.462 e. The molecule has 0 unspecified atom stereocenters. The molecule has 1 N–H and O–H groups in total. The van der Waals surface area contributed by atoms with Gasteiger partial charge in [-0.05, 0) is 31.2 Å². The van der Waals surface area contributed by atoms with E-state index in [4.69, 9.17) is 4.74 Å². The third kappa shape index (κ3) is 3.56. The number of esters is 1. The molecular weight excluding hydrogens is 262 g/mol. The van der Waals surface area contributed by atoms with Gasteiger partial charge in [0.1, 0.15) is 5.00 Å². The summed E-state index contributed by atoms with van der Waals surface area (Å²) in [5.41, 5.74) is 0.455. The number of hydrogen-bond acceptors (Lipinski definition) is 4. The van der Waals surface area contributed by atoms with E-state index >= 15 is 0 Å². The van der Waals surface area contributed by atoms with Crippen molar-refractivity contribution in [2.75, 3.05) is 11.9 Å². The van der Waals surface area contributed by atoms with E-state index in [1.54, 1.807) is 18.4 Å². The summed E-state index contributed by atoms with van der Waals surface area (Å²) >= 11 is 1.36. The third-order valence-corrected chi connectivity index (χ3v) is 4.20. The lowest BCUT2D eigenvalue weighted by Gasteiger charge is -2.20. The first-order valence-electron chi connectivity index (χ1n) is 6.78. The quantitative estimate of drug-likeness (QED) is 0.860. The molecule has 1 aliphatic rings. The van der Waals surface area contributed by atoms with Gasteiger partial charge in [-0.15, -0.1) is 11.3 Å². The third-order valence-electron chi connectivity index (χ3n) is 3.37. The molecule has 1 amide bonds. The Bertz CT molecular complexity index is 449. The zero-order valence-electron chi connectivity index (χ0n) is 11.1. The van der Waals surface area contributed by atoms with E-state index in [1.807, 2.05) is 0 Å². The van der Waals surface area contributed by atoms with Gasteiger partial charge in [-0.25, -0.2) is 4.79 Å². The van der Waals surface area contributed by atoms with E-state index in [9.17, 15) is 9.59 Å². The maximum atomic E-state index is 12.1. The smallest absolute Gasteiger partial charge is 0.341 e. The zero-order valence-corrected chi connectivity index (χ0v) is 11.9. The van der Waals surface area contributed by atoms with Crippen LogP contribution in [0.15, 0.2) is 11.4 Å². The van der Waals surface area contributed by atoms with Crippen LogP contribution in [0.4, 0.5) is 5.00 Å². The molecule has 4 nitrogen and oxygen atoms in total. The molecule has 5 heteroatoms. The fourth-order valence-corrected chi connectivity index (χ4v) is 3.13. The Labute approximate surface area is 117 Å². The molecule has 1 fully saturated rings. The molecule has 19 heavy (non-hydrogen) atoms. The summed E-state index contributed by atoms with van der Waals surface area (Å²) < 4.78 is 4.97. The molecule has 0 atom stereocenters. The van der Waals surface area contributed by atoms with Gasteiger partial charge < -0.3 is 10.1 Å². The molecule has 104 valence electrons. The SMILES string of the molecule is CCOC(=O)c1ccsc1NC(=O)C1CCCCC1. The summed E-state index contributed by atoms with van der Waals surface area (Å²) in [5, 5.41) is 5.28. The minimum atomic E-state index is -0.373. The Kier molecular flexibility index (Phi) is 4.96. The van der Waals surface area contributed by atoms with E-state index in [-0.39, 0.29) is 17.8 Å². The number of carbonyl (C=O) groups is 2. The molecule has 1 aliphatic carbocycles. The van der Waals surface area contributed by atoms with Gasteiger partial charge in [0.15, 0.2) is 0 Å². The topological polar surface area (TPSA) is 55.4 Å². The number of carbonyl (C=O) groups excluding carboxylic acids is 2. The van der Waals surface area contributed by atoms with Crippen LogP contribution >= 0.6 is 11.3 Å². The maximum Gasteiger partial charge on any atom is 0.341 e. The average Bonchev–Trinajstić information content (AvgIpc) is 2.88. The van der Waals surface area contributed by atoms with Crippen molar-refractivity contribution in [1.82, 2.24) is 0 Å². The molecule has 0 spiro atoms. The van der Waals surface area contributed by atoms with E-state index in [0.29, 0.717) is 17.2 Å². The van der Waals surface area contributed by atoms with Crippen molar-refractivity contribution in [1.29, 1.82) is 0 Å². The fourth-order valence-electron chi connectivity index (χ4n) is 2.35. The van der Waals surface area contributed by atoms with Gasteiger partial charge in [-0.1, -0.05) is 19.3 Å². The minimum absolute atomic E-state index is 0.0349. The first-order chi connectivity index (χ1) is 9.22. The lowest BCUT2D eigenvalue weighted by Crippen LogP contribution is -2.25. The second-order valence-corrected chi connectivity index (χ2v) is 5.62. The zero-order chi connectivity index (χ0) is 13.7. The fraction of sp³-hybridized carbons (Fsp3) is 0.571. The Morgan fingerprint density at radius 2 is 2.11 bits per heavy atom. The van der Waals surface area contributed by atoms with Crippen molar-refractivity contribution in [3.63, 3.8) is 0 Å². The molecule has 1 heterocycles. The maximum absolute atomic E-state index is 12.1. The molecule has 0 aromatic carbocycles. The predicted molar refractivity (Wildman–Crippen MR) is 75.5 cm³/mol. The molecule has 1 aromatic heterocycles. The van der Waals surface area contributed by atoms with Gasteiger partial charge in [0.2, 0.25) is 5.91 Å². The van der Waals surface area contributed by atoms with Crippen molar-refractivity contribution >= 4 is 28.2 Å². The van der Waals surface area contributed by atoms with Crippen LogP contribution in [-0.4, -0.2) is 18.5 Å². The van der Waals surface area contributed by atoms with Crippen molar-refractivity contribution in [3.8, 4) is 0 Å². The van der Waals surface area contributed by atoms with E-state index in [0.717, 1.165) is 25.7 Å². The van der Waals surface area contributed by atoms with Crippen LogP contribution in [0.25, 0.3) is 0 Å². The Morgan fingerprint density at radius 3 is 2.79 bits per heavy atom. The second kappa shape index (κ2) is 6.70. The van der Waals surface area contributed by atoms with Crippen LogP contribution in [0.1, 0.15) is 49.4 Å². The minimum Gasteiger partial charge on any atom is -0.462 e. The summed E-state index contributed by atoms with van der Waals surface area (Å²) in [5.74, 6) is -0.249. The van der Waals surface area contributed by atoms with Crippen molar-refractivity contribution < 1.29 is 14.3 Å². The van der Waals surface area contributed by atoms with Crippen LogP contribution in [0.3, 0.4) is 0 Å². The normalized spacial score (nSPS) is 16.1. The summed E-state index contributed by atoms with van der Waals surface area (Å²) in [7, 11) is 0. The summed E-state index contributed by atoms with van der Waals surface area (Å²) in [4.78, 5) is 23.9. The van der Waals surface area contributed by atoms with E-state index in [1.165, 1.54) is 17.8 Å². The highest BCUT2D eigenvalue weighted by atomic mass is 32.1. The molecule has 0 aliphatic heterocycles. The van der Waals surface area contributed by atoms with E-state index < -0.39 is 0 Å². The average molecular weight is 281 g/mol. The van der Waals surface area contributed by atoms with Crippen molar-refractivity contribution in [3.05, 3.63) is 17.0 Å². The molecule has 1 aromatic rings. The summed E-state index contributed by atoms with van der Waals surface area (Å²) in [6, 6.07) is 1.69. The van der Waals surface area contributed by atoms with Gasteiger partial charge >= 0.3 is 5.97 Å². The van der Waals surface area contributed by atoms with Crippen molar-refractivity contribution in [2.24, 2.45) is 5.92 Å². The number of nitrogens with one attached hydrogen (secondary N) is 1. The standard InChI is InChI=1S/C14H19NO3S/c1-2-18-14(17)11-8-9-19-13(11)15-12(16)10-6-4-3-5-7-10/h8-10H,2-7H2,1H3,(H,15,16). The first-order valence-corrected chi connectivity index (χ1v) is 7.65. The number of rotatable bonds is 4. The summed E-state index contributed by atoms with van der Waals surface area (Å²) in [6.07, 6.45) is 5.36. The van der Waals surface area contributed by atoms with Crippen molar-refractivity contribution in [2.45, 2.75) is 39.0 Å². The van der Waals surface area contributed by atoms with E-state index in [2.05, 4.69) is 5.32 Å². The van der Waals surface area contributed by atoms with Crippen LogP contribution in [0.5, 0.6) is 0 Å². The number of amides is 1. The van der Waals surface area contributed by atoms with Gasteiger partial charge in [-0.2, -0.15) is 0 Å².